The quantitative estimate of drug-likeness (QED) is 0.703. The maximum absolute atomic E-state index is 11.6. The Balaban J connectivity index is 3.51. The molecule has 0 aromatic rings. The van der Waals surface area contributed by atoms with E-state index in [1.807, 2.05) is 20.8 Å². The van der Waals surface area contributed by atoms with Crippen molar-refractivity contribution < 1.29 is 13.6 Å². The summed E-state index contributed by atoms with van der Waals surface area (Å²) in [6.45, 7) is 6.28. The molecule has 0 saturated carbocycles. The van der Waals surface area contributed by atoms with E-state index in [0.717, 1.165) is 0 Å². The summed E-state index contributed by atoms with van der Waals surface area (Å²) in [5.41, 5.74) is 0.0649. The fourth-order valence-electron chi connectivity index (χ4n) is 0.638. The molecule has 0 heterocycles. The minimum Gasteiger partial charge on any atom is -0.351 e. The van der Waals surface area contributed by atoms with Gasteiger partial charge in [-0.15, -0.1) is 0 Å². The van der Waals surface area contributed by atoms with E-state index in [0.29, 0.717) is 13.0 Å². The van der Waals surface area contributed by atoms with Crippen LogP contribution >= 0.6 is 0 Å². The summed E-state index contributed by atoms with van der Waals surface area (Å²) < 4.78 is 23.3. The fourth-order valence-corrected chi connectivity index (χ4v) is 0.638. The molecule has 0 aromatic carbocycles. The molecule has 1 amide bonds. The van der Waals surface area contributed by atoms with E-state index in [-0.39, 0.29) is 5.41 Å². The summed E-state index contributed by atoms with van der Waals surface area (Å²) in [7, 11) is 0. The van der Waals surface area contributed by atoms with Gasteiger partial charge in [-0.2, -0.15) is 8.78 Å². The molecule has 0 aliphatic carbocycles. The number of carbonyl (C=O) groups excluding carboxylic acids is 1. The van der Waals surface area contributed by atoms with Gasteiger partial charge in [-0.3, -0.25) is 4.79 Å². The maximum atomic E-state index is 11.6. The van der Waals surface area contributed by atoms with E-state index in [1.165, 1.54) is 0 Å². The van der Waals surface area contributed by atoms with Gasteiger partial charge < -0.3 is 5.32 Å². The van der Waals surface area contributed by atoms with Crippen LogP contribution in [0.2, 0.25) is 0 Å². The molecule has 0 saturated heterocycles. The average molecular weight is 179 g/mol. The molecule has 0 atom stereocenters. The molecule has 0 rings (SSSR count). The van der Waals surface area contributed by atoms with Gasteiger partial charge in [-0.1, -0.05) is 20.8 Å². The van der Waals surface area contributed by atoms with Gasteiger partial charge in [0.1, 0.15) is 0 Å². The second kappa shape index (κ2) is 4.38. The van der Waals surface area contributed by atoms with Gasteiger partial charge in [0.25, 0.3) is 5.91 Å². The number of alkyl halides is 2. The molecule has 0 aliphatic heterocycles. The molecule has 0 radical (unpaired) electrons. The monoisotopic (exact) mass is 179 g/mol. The van der Waals surface area contributed by atoms with Crippen molar-refractivity contribution in [3.8, 4) is 0 Å². The number of hydrogen-bond donors (Lipinski definition) is 1. The summed E-state index contributed by atoms with van der Waals surface area (Å²) in [5.74, 6) is -1.18. The third-order valence-corrected chi connectivity index (χ3v) is 1.37. The van der Waals surface area contributed by atoms with Crippen molar-refractivity contribution in [1.82, 2.24) is 5.32 Å². The van der Waals surface area contributed by atoms with E-state index in [2.05, 4.69) is 5.32 Å². The zero-order chi connectivity index (χ0) is 9.78. The first-order valence-electron chi connectivity index (χ1n) is 3.89. The Hall–Kier alpha value is -0.670. The Morgan fingerprint density at radius 3 is 2.25 bits per heavy atom. The van der Waals surface area contributed by atoms with Crippen LogP contribution in [0.25, 0.3) is 0 Å². The molecule has 72 valence electrons. The number of amides is 1. The molecule has 1 N–H and O–H groups in total. The molecule has 0 aromatic heterocycles. The van der Waals surface area contributed by atoms with Crippen molar-refractivity contribution in [3.63, 3.8) is 0 Å². The minimum absolute atomic E-state index is 0.0649. The molecular formula is C8H15F2NO. The molecule has 4 heteroatoms. The van der Waals surface area contributed by atoms with Crippen LogP contribution < -0.4 is 5.32 Å². The lowest BCUT2D eigenvalue weighted by molar-refractivity contribution is -0.131. The first-order chi connectivity index (χ1) is 5.33. The minimum atomic E-state index is -2.90. The van der Waals surface area contributed by atoms with Crippen molar-refractivity contribution >= 4 is 5.91 Å². The molecule has 0 unspecified atom stereocenters. The second-order valence-electron chi connectivity index (χ2n) is 3.90. The zero-order valence-corrected chi connectivity index (χ0v) is 7.66. The van der Waals surface area contributed by atoms with Gasteiger partial charge in [0.15, 0.2) is 0 Å². The largest absolute Gasteiger partial charge is 0.351 e. The van der Waals surface area contributed by atoms with Gasteiger partial charge in [-0.05, 0) is 11.8 Å². The lowest BCUT2D eigenvalue weighted by Gasteiger charge is -2.17. The number of rotatable bonds is 3. The third kappa shape index (κ3) is 6.07. The third-order valence-electron chi connectivity index (χ3n) is 1.37. The lowest BCUT2D eigenvalue weighted by atomic mass is 9.92. The normalized spacial score (nSPS) is 11.8. The van der Waals surface area contributed by atoms with Crippen molar-refractivity contribution in [1.29, 1.82) is 0 Å². The molecule has 12 heavy (non-hydrogen) atoms. The van der Waals surface area contributed by atoms with Crippen LogP contribution in [-0.2, 0) is 4.79 Å². The van der Waals surface area contributed by atoms with Gasteiger partial charge in [0.2, 0.25) is 0 Å². The maximum Gasteiger partial charge on any atom is 0.315 e. The number of halogens is 2. The Morgan fingerprint density at radius 1 is 1.42 bits per heavy atom. The van der Waals surface area contributed by atoms with Crippen LogP contribution in [0.1, 0.15) is 27.2 Å². The van der Waals surface area contributed by atoms with Crippen LogP contribution in [0.4, 0.5) is 8.78 Å². The molecular weight excluding hydrogens is 164 g/mol. The molecule has 0 aliphatic rings. The van der Waals surface area contributed by atoms with Crippen LogP contribution in [0.15, 0.2) is 0 Å². The number of carbonyl (C=O) groups is 1. The standard InChI is InChI=1S/C8H15F2NO/c1-8(2,3)4-5-11-7(12)6(9)10/h6H,4-5H2,1-3H3,(H,11,12). The first-order valence-corrected chi connectivity index (χ1v) is 3.89. The Kier molecular flexibility index (Phi) is 4.13. The smallest absolute Gasteiger partial charge is 0.315 e. The number of hydrogen-bond acceptors (Lipinski definition) is 1. The van der Waals surface area contributed by atoms with Crippen molar-refractivity contribution in [2.24, 2.45) is 5.41 Å². The molecule has 0 fully saturated rings. The summed E-state index contributed by atoms with van der Waals surface area (Å²) in [4.78, 5) is 10.4. The van der Waals surface area contributed by atoms with Crippen LogP contribution in [0, 0.1) is 5.41 Å². The summed E-state index contributed by atoms with van der Waals surface area (Å²) >= 11 is 0. The SMILES string of the molecule is CC(C)(C)CCNC(=O)C(F)F. The van der Waals surface area contributed by atoms with E-state index in [1.54, 1.807) is 0 Å². The highest BCUT2D eigenvalue weighted by atomic mass is 19.3. The van der Waals surface area contributed by atoms with Crippen molar-refractivity contribution in [2.75, 3.05) is 6.54 Å². The highest BCUT2D eigenvalue weighted by molar-refractivity contribution is 5.78. The van der Waals surface area contributed by atoms with E-state index in [4.69, 9.17) is 0 Å². The van der Waals surface area contributed by atoms with Gasteiger partial charge >= 0.3 is 6.43 Å². The van der Waals surface area contributed by atoms with Crippen LogP contribution in [0.3, 0.4) is 0 Å². The first kappa shape index (κ1) is 11.3. The topological polar surface area (TPSA) is 29.1 Å². The zero-order valence-electron chi connectivity index (χ0n) is 7.66. The highest BCUT2D eigenvalue weighted by Gasteiger charge is 2.15. The van der Waals surface area contributed by atoms with Crippen molar-refractivity contribution in [3.05, 3.63) is 0 Å². The van der Waals surface area contributed by atoms with Gasteiger partial charge in [0, 0.05) is 6.54 Å². The van der Waals surface area contributed by atoms with Crippen molar-refractivity contribution in [2.45, 2.75) is 33.6 Å². The lowest BCUT2D eigenvalue weighted by Crippen LogP contribution is -2.31. The predicted molar refractivity (Wildman–Crippen MR) is 43.1 cm³/mol. The summed E-state index contributed by atoms with van der Waals surface area (Å²) in [6, 6.07) is 0. The molecule has 2 nitrogen and oxygen atoms in total. The van der Waals surface area contributed by atoms with Crippen LogP contribution in [-0.4, -0.2) is 18.9 Å². The molecule has 0 spiro atoms. The Labute approximate surface area is 71.3 Å². The Morgan fingerprint density at radius 2 is 1.92 bits per heavy atom. The molecule has 0 bridgehead atoms. The predicted octanol–water partition coefficient (Wildman–Crippen LogP) is 1.80. The summed E-state index contributed by atoms with van der Waals surface area (Å²) in [5, 5.41) is 2.15. The second-order valence-corrected chi connectivity index (χ2v) is 3.90. The van der Waals surface area contributed by atoms with Gasteiger partial charge in [-0.25, -0.2) is 0 Å². The van der Waals surface area contributed by atoms with Gasteiger partial charge in [0.05, 0.1) is 0 Å². The van der Waals surface area contributed by atoms with E-state index < -0.39 is 12.3 Å². The summed E-state index contributed by atoms with van der Waals surface area (Å²) in [6.07, 6.45) is -2.20. The number of nitrogens with one attached hydrogen (secondary N) is 1. The Bertz CT molecular complexity index is 152. The average Bonchev–Trinajstić information content (AvgIpc) is 1.84. The van der Waals surface area contributed by atoms with Crippen LogP contribution in [0.5, 0.6) is 0 Å². The van der Waals surface area contributed by atoms with E-state index in [9.17, 15) is 13.6 Å². The van der Waals surface area contributed by atoms with E-state index >= 15 is 0 Å². The highest BCUT2D eigenvalue weighted by Crippen LogP contribution is 2.16. The fraction of sp³-hybridized carbons (Fsp3) is 0.875.